The highest BCUT2D eigenvalue weighted by molar-refractivity contribution is 5.92. The van der Waals surface area contributed by atoms with Crippen molar-refractivity contribution in [3.8, 4) is 0 Å². The van der Waals surface area contributed by atoms with Gasteiger partial charge < -0.3 is 16.0 Å². The van der Waals surface area contributed by atoms with Gasteiger partial charge in [-0.2, -0.15) is 0 Å². The van der Waals surface area contributed by atoms with Gasteiger partial charge in [0.05, 0.1) is 5.92 Å². The summed E-state index contributed by atoms with van der Waals surface area (Å²) in [6.07, 6.45) is 0.168. The maximum absolute atomic E-state index is 12.4. The first-order chi connectivity index (χ1) is 11.3. The molecule has 0 spiro atoms. The van der Waals surface area contributed by atoms with E-state index in [2.05, 4.69) is 5.32 Å². The van der Waals surface area contributed by atoms with E-state index in [-0.39, 0.29) is 24.2 Å². The Labute approximate surface area is 142 Å². The molecule has 3 amide bonds. The standard InChI is InChI=1S/C18H25N3O3/c1-11(2)16(17(19)23)20-18(24)14-8-15(22)21(10-14)9-13-6-4-12(3)5-7-13/h4-7,11,14,16H,8-10H2,1-3H3,(H2,19,23)(H,20,24). The van der Waals surface area contributed by atoms with Gasteiger partial charge in [-0.25, -0.2) is 0 Å². The molecular weight excluding hydrogens is 306 g/mol. The lowest BCUT2D eigenvalue weighted by atomic mass is 10.0. The van der Waals surface area contributed by atoms with Crippen molar-refractivity contribution < 1.29 is 14.4 Å². The highest BCUT2D eigenvalue weighted by atomic mass is 16.2. The van der Waals surface area contributed by atoms with Crippen molar-refractivity contribution in [2.24, 2.45) is 17.6 Å². The summed E-state index contributed by atoms with van der Waals surface area (Å²) in [5, 5.41) is 2.68. The Morgan fingerprint density at radius 2 is 1.92 bits per heavy atom. The Hall–Kier alpha value is -2.37. The molecule has 6 heteroatoms. The van der Waals surface area contributed by atoms with Crippen molar-refractivity contribution in [1.82, 2.24) is 10.2 Å². The zero-order valence-corrected chi connectivity index (χ0v) is 14.4. The van der Waals surface area contributed by atoms with E-state index in [1.807, 2.05) is 45.0 Å². The summed E-state index contributed by atoms with van der Waals surface area (Å²) >= 11 is 0. The Morgan fingerprint density at radius 3 is 2.46 bits per heavy atom. The van der Waals surface area contributed by atoms with Gasteiger partial charge in [0.25, 0.3) is 0 Å². The van der Waals surface area contributed by atoms with Crippen LogP contribution in [0.2, 0.25) is 0 Å². The number of likely N-dealkylation sites (tertiary alicyclic amines) is 1. The van der Waals surface area contributed by atoms with Crippen LogP contribution in [-0.4, -0.2) is 35.2 Å². The molecule has 3 N–H and O–H groups in total. The summed E-state index contributed by atoms with van der Waals surface area (Å²) in [6.45, 7) is 6.50. The molecule has 130 valence electrons. The van der Waals surface area contributed by atoms with Crippen LogP contribution in [0.4, 0.5) is 0 Å². The van der Waals surface area contributed by atoms with Crippen LogP contribution in [0.3, 0.4) is 0 Å². The lowest BCUT2D eigenvalue weighted by molar-refractivity contribution is -0.131. The predicted molar refractivity (Wildman–Crippen MR) is 90.7 cm³/mol. The van der Waals surface area contributed by atoms with Crippen molar-refractivity contribution in [3.63, 3.8) is 0 Å². The zero-order valence-electron chi connectivity index (χ0n) is 14.4. The number of aryl methyl sites for hydroxylation is 1. The molecule has 1 fully saturated rings. The molecule has 0 saturated carbocycles. The van der Waals surface area contributed by atoms with Crippen LogP contribution >= 0.6 is 0 Å². The Balaban J connectivity index is 1.97. The summed E-state index contributed by atoms with van der Waals surface area (Å²) in [4.78, 5) is 37.6. The van der Waals surface area contributed by atoms with E-state index in [9.17, 15) is 14.4 Å². The molecule has 0 aliphatic carbocycles. The van der Waals surface area contributed by atoms with Crippen LogP contribution in [0.1, 0.15) is 31.4 Å². The fraction of sp³-hybridized carbons (Fsp3) is 0.500. The molecule has 24 heavy (non-hydrogen) atoms. The minimum absolute atomic E-state index is 0.0455. The number of rotatable bonds is 6. The Bertz CT molecular complexity index is 625. The summed E-state index contributed by atoms with van der Waals surface area (Å²) in [6, 6.07) is 7.26. The van der Waals surface area contributed by atoms with Crippen LogP contribution in [0.15, 0.2) is 24.3 Å². The number of carbonyl (C=O) groups excluding carboxylic acids is 3. The maximum atomic E-state index is 12.4. The quantitative estimate of drug-likeness (QED) is 0.813. The third kappa shape index (κ3) is 4.34. The van der Waals surface area contributed by atoms with Crippen molar-refractivity contribution in [3.05, 3.63) is 35.4 Å². The molecule has 1 heterocycles. The van der Waals surface area contributed by atoms with E-state index in [0.29, 0.717) is 13.1 Å². The number of nitrogens with one attached hydrogen (secondary N) is 1. The molecule has 1 aliphatic heterocycles. The second kappa shape index (κ2) is 7.47. The molecule has 2 unspecified atom stereocenters. The number of carbonyl (C=O) groups is 3. The molecular formula is C18H25N3O3. The van der Waals surface area contributed by atoms with Crippen molar-refractivity contribution >= 4 is 17.7 Å². The van der Waals surface area contributed by atoms with E-state index >= 15 is 0 Å². The van der Waals surface area contributed by atoms with Crippen molar-refractivity contribution in [2.45, 2.75) is 39.8 Å². The van der Waals surface area contributed by atoms with Crippen molar-refractivity contribution in [1.29, 1.82) is 0 Å². The molecule has 1 saturated heterocycles. The summed E-state index contributed by atoms with van der Waals surface area (Å²) in [7, 11) is 0. The first-order valence-corrected chi connectivity index (χ1v) is 8.21. The van der Waals surface area contributed by atoms with Gasteiger partial charge in [-0.15, -0.1) is 0 Å². The van der Waals surface area contributed by atoms with Gasteiger partial charge in [-0.3, -0.25) is 14.4 Å². The fourth-order valence-corrected chi connectivity index (χ4v) is 2.85. The topological polar surface area (TPSA) is 92.5 Å². The smallest absolute Gasteiger partial charge is 0.240 e. The average molecular weight is 331 g/mol. The summed E-state index contributed by atoms with van der Waals surface area (Å²) < 4.78 is 0. The molecule has 0 bridgehead atoms. The van der Waals surface area contributed by atoms with Crippen LogP contribution in [-0.2, 0) is 20.9 Å². The highest BCUT2D eigenvalue weighted by Gasteiger charge is 2.36. The monoisotopic (exact) mass is 331 g/mol. The molecule has 1 aliphatic rings. The zero-order chi connectivity index (χ0) is 17.9. The molecule has 6 nitrogen and oxygen atoms in total. The minimum Gasteiger partial charge on any atom is -0.368 e. The second-order valence-electron chi connectivity index (χ2n) is 6.79. The molecule has 2 rings (SSSR count). The first kappa shape index (κ1) is 18.0. The normalized spacial score (nSPS) is 18.8. The van der Waals surface area contributed by atoms with Gasteiger partial charge >= 0.3 is 0 Å². The number of hydrogen-bond donors (Lipinski definition) is 2. The Morgan fingerprint density at radius 1 is 1.29 bits per heavy atom. The third-order valence-electron chi connectivity index (χ3n) is 4.35. The summed E-state index contributed by atoms with van der Waals surface area (Å²) in [5.74, 6) is -1.42. The van der Waals surface area contributed by atoms with E-state index in [1.165, 1.54) is 0 Å². The Kier molecular flexibility index (Phi) is 5.59. The molecule has 0 aromatic heterocycles. The SMILES string of the molecule is Cc1ccc(CN2CC(C(=O)NC(C(N)=O)C(C)C)CC2=O)cc1. The molecule has 1 aromatic rings. The summed E-state index contributed by atoms with van der Waals surface area (Å²) in [5.41, 5.74) is 7.52. The van der Waals surface area contributed by atoms with Crippen molar-refractivity contribution in [2.75, 3.05) is 6.54 Å². The number of nitrogens with two attached hydrogens (primary N) is 1. The van der Waals surface area contributed by atoms with Gasteiger partial charge in [0.15, 0.2) is 0 Å². The largest absolute Gasteiger partial charge is 0.368 e. The van der Waals surface area contributed by atoms with Gasteiger partial charge in [0.2, 0.25) is 17.7 Å². The van der Waals surface area contributed by atoms with Crippen LogP contribution in [0.5, 0.6) is 0 Å². The molecule has 1 aromatic carbocycles. The van der Waals surface area contributed by atoms with Gasteiger partial charge in [0, 0.05) is 19.5 Å². The minimum atomic E-state index is -0.709. The number of nitrogens with zero attached hydrogens (tertiary/aromatic N) is 1. The van der Waals surface area contributed by atoms with Crippen LogP contribution in [0.25, 0.3) is 0 Å². The number of amides is 3. The number of primary amides is 1. The third-order valence-corrected chi connectivity index (χ3v) is 4.35. The highest BCUT2D eigenvalue weighted by Crippen LogP contribution is 2.21. The van der Waals surface area contributed by atoms with Gasteiger partial charge in [-0.1, -0.05) is 43.7 Å². The van der Waals surface area contributed by atoms with E-state index in [1.54, 1.807) is 4.90 Å². The van der Waals surface area contributed by atoms with Crippen LogP contribution in [0, 0.1) is 18.8 Å². The average Bonchev–Trinajstić information content (AvgIpc) is 2.87. The maximum Gasteiger partial charge on any atom is 0.240 e. The van der Waals surface area contributed by atoms with Gasteiger partial charge in [-0.05, 0) is 18.4 Å². The van der Waals surface area contributed by atoms with Crippen LogP contribution < -0.4 is 11.1 Å². The second-order valence-corrected chi connectivity index (χ2v) is 6.79. The van der Waals surface area contributed by atoms with Gasteiger partial charge in [0.1, 0.15) is 6.04 Å². The first-order valence-electron chi connectivity index (χ1n) is 8.21. The lowest BCUT2D eigenvalue weighted by Crippen LogP contribution is -2.49. The molecule has 2 atom stereocenters. The van der Waals surface area contributed by atoms with E-state index < -0.39 is 17.9 Å². The fourth-order valence-electron chi connectivity index (χ4n) is 2.85. The van der Waals surface area contributed by atoms with E-state index in [0.717, 1.165) is 11.1 Å². The predicted octanol–water partition coefficient (Wildman–Crippen LogP) is 0.970. The number of benzene rings is 1. The molecule has 0 radical (unpaired) electrons. The number of hydrogen-bond acceptors (Lipinski definition) is 3. The lowest BCUT2D eigenvalue weighted by Gasteiger charge is -2.21. The van der Waals surface area contributed by atoms with E-state index in [4.69, 9.17) is 5.73 Å².